The summed E-state index contributed by atoms with van der Waals surface area (Å²) in [6, 6.07) is 7.96. The van der Waals surface area contributed by atoms with E-state index in [9.17, 15) is 18.3 Å². The Bertz CT molecular complexity index is 561. The minimum Gasteiger partial charge on any atom is -0.507 e. The molecule has 0 aliphatic heterocycles. The van der Waals surface area contributed by atoms with E-state index in [1.165, 1.54) is 18.3 Å². The molecule has 0 saturated heterocycles. The van der Waals surface area contributed by atoms with Gasteiger partial charge in [-0.3, -0.25) is 0 Å². The number of phenols is 1. The first kappa shape index (κ1) is 13.5. The Morgan fingerprint density at radius 2 is 1.89 bits per heavy atom. The molecule has 1 aromatic carbocycles. The van der Waals surface area contributed by atoms with Crippen LogP contribution in [0.2, 0.25) is 0 Å². The first-order chi connectivity index (χ1) is 8.98. The van der Waals surface area contributed by atoms with Gasteiger partial charge in [-0.25, -0.2) is 4.98 Å². The molecule has 1 aromatic heterocycles. The summed E-state index contributed by atoms with van der Waals surface area (Å²) in [5.74, 6) is -0.334. The van der Waals surface area contributed by atoms with Crippen LogP contribution < -0.4 is 4.18 Å². The average Bonchev–Trinajstić information content (AvgIpc) is 2.37. The van der Waals surface area contributed by atoms with E-state index >= 15 is 0 Å². The van der Waals surface area contributed by atoms with Gasteiger partial charge in [-0.2, -0.15) is 13.2 Å². The van der Waals surface area contributed by atoms with E-state index in [2.05, 4.69) is 4.98 Å². The first-order valence-electron chi connectivity index (χ1n) is 5.13. The molecule has 2 aromatic rings. The monoisotopic (exact) mass is 287 g/mol. The van der Waals surface area contributed by atoms with Crippen molar-refractivity contribution in [3.63, 3.8) is 0 Å². The number of aromatic nitrogens is 1. The second-order valence-corrected chi connectivity index (χ2v) is 4.23. The minimum atomic E-state index is -4.56. The molecule has 0 unspecified atom stereocenters. The number of halogens is 3. The van der Waals surface area contributed by atoms with Crippen LogP contribution in [0.3, 0.4) is 0 Å². The van der Waals surface area contributed by atoms with E-state index in [1.807, 2.05) is 0 Å². The van der Waals surface area contributed by atoms with Crippen LogP contribution in [0.1, 0.15) is 5.56 Å². The standard InChI is InChI=1S/C12H8F3NO2S/c13-12(14,15)8-4-3-5-9(17)11(8)19-18-10-6-1-2-7-16-10/h1-7,17H. The van der Waals surface area contributed by atoms with E-state index in [-0.39, 0.29) is 10.8 Å². The van der Waals surface area contributed by atoms with Gasteiger partial charge in [0.25, 0.3) is 0 Å². The molecule has 0 aliphatic rings. The number of rotatable bonds is 3. The summed E-state index contributed by atoms with van der Waals surface area (Å²) < 4.78 is 43.3. The number of hydrogen-bond acceptors (Lipinski definition) is 4. The van der Waals surface area contributed by atoms with E-state index < -0.39 is 17.5 Å². The SMILES string of the molecule is Oc1cccc(C(F)(F)F)c1SOc1ccccn1. The van der Waals surface area contributed by atoms with Gasteiger partial charge < -0.3 is 9.29 Å². The van der Waals surface area contributed by atoms with Crippen LogP contribution >= 0.6 is 12.0 Å². The molecule has 0 radical (unpaired) electrons. The van der Waals surface area contributed by atoms with Crippen molar-refractivity contribution in [2.75, 3.05) is 0 Å². The van der Waals surface area contributed by atoms with Gasteiger partial charge in [0.05, 0.1) is 17.6 Å². The summed E-state index contributed by atoms with van der Waals surface area (Å²) in [4.78, 5) is 3.42. The van der Waals surface area contributed by atoms with Crippen molar-refractivity contribution in [2.24, 2.45) is 0 Å². The Morgan fingerprint density at radius 3 is 2.53 bits per heavy atom. The topological polar surface area (TPSA) is 42.4 Å². The van der Waals surface area contributed by atoms with E-state index in [4.69, 9.17) is 4.18 Å². The molecule has 0 bridgehead atoms. The predicted octanol–water partition coefficient (Wildman–Crippen LogP) is 3.89. The van der Waals surface area contributed by atoms with Crippen LogP contribution in [0.15, 0.2) is 47.5 Å². The molecule has 7 heteroatoms. The Morgan fingerprint density at radius 1 is 1.11 bits per heavy atom. The van der Waals surface area contributed by atoms with Gasteiger partial charge in [0.15, 0.2) is 0 Å². The summed E-state index contributed by atoms with van der Waals surface area (Å²) in [5.41, 5.74) is -0.951. The normalized spacial score (nSPS) is 11.3. The van der Waals surface area contributed by atoms with E-state index in [0.717, 1.165) is 12.1 Å². The number of alkyl halides is 3. The fraction of sp³-hybridized carbons (Fsp3) is 0.0833. The molecule has 0 atom stereocenters. The largest absolute Gasteiger partial charge is 0.507 e. The lowest BCUT2D eigenvalue weighted by atomic mass is 10.2. The maximum absolute atomic E-state index is 12.8. The Balaban J connectivity index is 2.25. The fourth-order valence-electron chi connectivity index (χ4n) is 1.32. The van der Waals surface area contributed by atoms with Gasteiger partial charge in [0, 0.05) is 12.3 Å². The molecule has 0 aliphatic carbocycles. The summed E-state index contributed by atoms with van der Waals surface area (Å²) in [7, 11) is 0. The highest BCUT2D eigenvalue weighted by Crippen LogP contribution is 2.41. The predicted molar refractivity (Wildman–Crippen MR) is 63.8 cm³/mol. The van der Waals surface area contributed by atoms with Gasteiger partial charge in [-0.1, -0.05) is 12.1 Å². The maximum atomic E-state index is 12.8. The third-order valence-corrected chi connectivity index (χ3v) is 3.00. The van der Waals surface area contributed by atoms with Crippen molar-refractivity contribution in [3.8, 4) is 11.6 Å². The molecular weight excluding hydrogens is 279 g/mol. The number of aromatic hydroxyl groups is 1. The molecule has 0 fully saturated rings. The Hall–Kier alpha value is -1.89. The van der Waals surface area contributed by atoms with Crippen LogP contribution in [0.4, 0.5) is 13.2 Å². The zero-order valence-electron chi connectivity index (χ0n) is 9.39. The third kappa shape index (κ3) is 3.31. The number of nitrogens with zero attached hydrogens (tertiary/aromatic N) is 1. The van der Waals surface area contributed by atoms with Gasteiger partial charge in [-0.15, -0.1) is 0 Å². The quantitative estimate of drug-likeness (QED) is 0.870. The molecule has 19 heavy (non-hydrogen) atoms. The molecule has 0 spiro atoms. The van der Waals surface area contributed by atoms with Gasteiger partial charge in [-0.05, 0) is 18.2 Å². The summed E-state index contributed by atoms with van der Waals surface area (Å²) >= 11 is 0.421. The molecule has 100 valence electrons. The highest BCUT2D eigenvalue weighted by molar-refractivity contribution is 7.95. The van der Waals surface area contributed by atoms with Crippen molar-refractivity contribution >= 4 is 12.0 Å². The van der Waals surface area contributed by atoms with Gasteiger partial charge >= 0.3 is 6.18 Å². The maximum Gasteiger partial charge on any atom is 0.417 e. The van der Waals surface area contributed by atoms with Crippen molar-refractivity contribution in [1.82, 2.24) is 4.98 Å². The second-order valence-electron chi connectivity index (χ2n) is 3.49. The summed E-state index contributed by atoms with van der Waals surface area (Å²) in [5, 5.41) is 9.51. The Labute approximate surface area is 111 Å². The zero-order chi connectivity index (χ0) is 13.9. The lowest BCUT2D eigenvalue weighted by molar-refractivity contribution is -0.140. The number of hydrogen-bond donors (Lipinski definition) is 1. The van der Waals surface area contributed by atoms with Crippen molar-refractivity contribution in [2.45, 2.75) is 11.1 Å². The van der Waals surface area contributed by atoms with Crippen molar-refractivity contribution in [3.05, 3.63) is 48.2 Å². The minimum absolute atomic E-state index is 0.156. The number of pyridine rings is 1. The molecule has 1 heterocycles. The molecule has 1 N–H and O–H groups in total. The molecule has 0 saturated carbocycles. The number of benzene rings is 1. The average molecular weight is 287 g/mol. The number of phenolic OH excluding ortho intramolecular Hbond substituents is 1. The fourth-order valence-corrected chi connectivity index (χ4v) is 2.01. The zero-order valence-corrected chi connectivity index (χ0v) is 10.2. The third-order valence-electron chi connectivity index (χ3n) is 2.15. The molecule has 3 nitrogen and oxygen atoms in total. The molecule has 0 amide bonds. The van der Waals surface area contributed by atoms with Gasteiger partial charge in [0.2, 0.25) is 5.88 Å². The van der Waals surface area contributed by atoms with E-state index in [1.54, 1.807) is 12.1 Å². The summed E-state index contributed by atoms with van der Waals surface area (Å²) in [6.07, 6.45) is -3.11. The lowest BCUT2D eigenvalue weighted by Gasteiger charge is -2.12. The highest BCUT2D eigenvalue weighted by Gasteiger charge is 2.35. The van der Waals surface area contributed by atoms with Gasteiger partial charge in [0.1, 0.15) is 10.6 Å². The van der Waals surface area contributed by atoms with E-state index in [0.29, 0.717) is 12.0 Å². The van der Waals surface area contributed by atoms with Crippen LogP contribution in [0.5, 0.6) is 11.6 Å². The molecular formula is C12H8F3NO2S. The highest BCUT2D eigenvalue weighted by atomic mass is 32.2. The molecule has 2 rings (SSSR count). The summed E-state index contributed by atoms with van der Waals surface area (Å²) in [6.45, 7) is 0. The van der Waals surface area contributed by atoms with Crippen LogP contribution in [0, 0.1) is 0 Å². The first-order valence-corrected chi connectivity index (χ1v) is 5.87. The van der Waals surface area contributed by atoms with Crippen molar-refractivity contribution in [1.29, 1.82) is 0 Å². The lowest BCUT2D eigenvalue weighted by Crippen LogP contribution is -2.07. The van der Waals surface area contributed by atoms with Crippen LogP contribution in [0.25, 0.3) is 0 Å². The second kappa shape index (κ2) is 5.40. The smallest absolute Gasteiger partial charge is 0.417 e. The van der Waals surface area contributed by atoms with Crippen molar-refractivity contribution < 1.29 is 22.5 Å². The van der Waals surface area contributed by atoms with Crippen LogP contribution in [-0.4, -0.2) is 10.1 Å². The Kier molecular flexibility index (Phi) is 3.84. The van der Waals surface area contributed by atoms with Crippen LogP contribution in [-0.2, 0) is 6.18 Å².